The fourth-order valence-corrected chi connectivity index (χ4v) is 2.70. The third-order valence-electron chi connectivity index (χ3n) is 3.74. The highest BCUT2D eigenvalue weighted by molar-refractivity contribution is 5.88. The lowest BCUT2D eigenvalue weighted by Crippen LogP contribution is -2.45. The minimum Gasteiger partial charge on any atom is -0.453 e. The molecule has 6 heteroatoms. The maximum atomic E-state index is 11.6. The summed E-state index contributed by atoms with van der Waals surface area (Å²) in [5.74, 6) is 0.817. The number of amides is 1. The molecule has 3 rings (SSSR count). The van der Waals surface area contributed by atoms with E-state index in [-0.39, 0.29) is 12.1 Å². The van der Waals surface area contributed by atoms with Crippen molar-refractivity contribution in [1.29, 1.82) is 0 Å². The first kappa shape index (κ1) is 13.6. The van der Waals surface area contributed by atoms with Crippen LogP contribution in [0.25, 0.3) is 10.9 Å². The Kier molecular flexibility index (Phi) is 3.85. The van der Waals surface area contributed by atoms with Gasteiger partial charge in [-0.15, -0.1) is 0 Å². The lowest BCUT2D eigenvalue weighted by Gasteiger charge is -2.32. The third kappa shape index (κ3) is 2.89. The molecule has 0 spiro atoms. The number of benzene rings is 1. The van der Waals surface area contributed by atoms with Gasteiger partial charge in [0.05, 0.1) is 12.6 Å². The Morgan fingerprint density at radius 3 is 3.10 bits per heavy atom. The second-order valence-electron chi connectivity index (χ2n) is 5.14. The molecule has 0 saturated carbocycles. The molecular weight excluding hydrogens is 268 g/mol. The molecule has 2 aromatic rings. The highest BCUT2D eigenvalue weighted by Gasteiger charge is 2.24. The molecule has 1 atom stereocenters. The van der Waals surface area contributed by atoms with Gasteiger partial charge in [-0.2, -0.15) is 0 Å². The Labute approximate surface area is 123 Å². The summed E-state index contributed by atoms with van der Waals surface area (Å²) in [5.41, 5.74) is 0.913. The predicted octanol–water partition coefficient (Wildman–Crippen LogP) is 2.27. The van der Waals surface area contributed by atoms with Gasteiger partial charge < -0.3 is 15.0 Å². The monoisotopic (exact) mass is 286 g/mol. The molecular formula is C15H18N4O2. The summed E-state index contributed by atoms with van der Waals surface area (Å²) >= 11 is 0. The van der Waals surface area contributed by atoms with Crippen molar-refractivity contribution in [3.8, 4) is 0 Å². The number of hydrogen-bond donors (Lipinski definition) is 1. The van der Waals surface area contributed by atoms with Crippen molar-refractivity contribution in [3.63, 3.8) is 0 Å². The number of para-hydroxylation sites is 1. The summed E-state index contributed by atoms with van der Waals surface area (Å²) in [7, 11) is 1.41. The SMILES string of the molecule is COC(=O)N1CCCC(Nc2ncnc3ccccc23)C1. The van der Waals surface area contributed by atoms with Crippen LogP contribution >= 0.6 is 0 Å². The maximum Gasteiger partial charge on any atom is 0.409 e. The number of anilines is 1. The van der Waals surface area contributed by atoms with Crippen molar-refractivity contribution in [1.82, 2.24) is 14.9 Å². The van der Waals surface area contributed by atoms with Crippen LogP contribution in [0.5, 0.6) is 0 Å². The fraction of sp³-hybridized carbons (Fsp3) is 0.400. The first-order chi connectivity index (χ1) is 10.3. The molecule has 1 unspecified atom stereocenters. The highest BCUT2D eigenvalue weighted by atomic mass is 16.5. The van der Waals surface area contributed by atoms with Crippen LogP contribution in [-0.4, -0.2) is 47.2 Å². The van der Waals surface area contributed by atoms with Crippen molar-refractivity contribution in [3.05, 3.63) is 30.6 Å². The zero-order valence-electron chi connectivity index (χ0n) is 12.0. The Hall–Kier alpha value is -2.37. The minimum atomic E-state index is -0.269. The molecule has 6 nitrogen and oxygen atoms in total. The van der Waals surface area contributed by atoms with E-state index in [4.69, 9.17) is 4.74 Å². The van der Waals surface area contributed by atoms with Crippen LogP contribution in [-0.2, 0) is 4.74 Å². The number of carbonyl (C=O) groups is 1. The van der Waals surface area contributed by atoms with Gasteiger partial charge in [0, 0.05) is 24.5 Å². The number of hydrogen-bond acceptors (Lipinski definition) is 5. The molecule has 21 heavy (non-hydrogen) atoms. The van der Waals surface area contributed by atoms with E-state index in [0.29, 0.717) is 6.54 Å². The van der Waals surface area contributed by atoms with Crippen molar-refractivity contribution in [2.45, 2.75) is 18.9 Å². The van der Waals surface area contributed by atoms with Crippen LogP contribution in [0.2, 0.25) is 0 Å². The molecule has 1 saturated heterocycles. The zero-order chi connectivity index (χ0) is 14.7. The van der Waals surface area contributed by atoms with Gasteiger partial charge >= 0.3 is 6.09 Å². The largest absolute Gasteiger partial charge is 0.453 e. The van der Waals surface area contributed by atoms with Crippen LogP contribution in [0, 0.1) is 0 Å². The Bertz CT molecular complexity index is 641. The molecule has 110 valence electrons. The first-order valence-electron chi connectivity index (χ1n) is 7.07. The molecule has 1 aliphatic heterocycles. The van der Waals surface area contributed by atoms with Gasteiger partial charge in [-0.25, -0.2) is 14.8 Å². The molecule has 1 aromatic heterocycles. The molecule has 1 amide bonds. The summed E-state index contributed by atoms with van der Waals surface area (Å²) in [6.45, 7) is 1.38. The van der Waals surface area contributed by atoms with Crippen LogP contribution in [0.4, 0.5) is 10.6 Å². The van der Waals surface area contributed by atoms with Crippen LogP contribution < -0.4 is 5.32 Å². The smallest absolute Gasteiger partial charge is 0.409 e. The average molecular weight is 286 g/mol. The van der Waals surface area contributed by atoms with Gasteiger partial charge in [-0.3, -0.25) is 0 Å². The van der Waals surface area contributed by atoms with E-state index < -0.39 is 0 Å². The molecule has 2 heterocycles. The van der Waals surface area contributed by atoms with Gasteiger partial charge in [0.1, 0.15) is 12.1 Å². The molecule has 0 bridgehead atoms. The van der Waals surface area contributed by atoms with E-state index >= 15 is 0 Å². The summed E-state index contributed by atoms with van der Waals surface area (Å²) < 4.78 is 4.79. The van der Waals surface area contributed by atoms with Gasteiger partial charge in [-0.1, -0.05) is 12.1 Å². The topological polar surface area (TPSA) is 67.3 Å². The van der Waals surface area contributed by atoms with Crippen LogP contribution in [0.15, 0.2) is 30.6 Å². The molecule has 1 aliphatic rings. The second-order valence-corrected chi connectivity index (χ2v) is 5.14. The lowest BCUT2D eigenvalue weighted by atomic mass is 10.1. The van der Waals surface area contributed by atoms with Crippen molar-refractivity contribution >= 4 is 22.8 Å². The Morgan fingerprint density at radius 2 is 2.24 bits per heavy atom. The summed E-state index contributed by atoms with van der Waals surface area (Å²) in [6, 6.07) is 8.07. The lowest BCUT2D eigenvalue weighted by molar-refractivity contribution is 0.113. The predicted molar refractivity (Wildman–Crippen MR) is 80.2 cm³/mol. The molecule has 0 radical (unpaired) electrons. The van der Waals surface area contributed by atoms with Crippen molar-refractivity contribution in [2.75, 3.05) is 25.5 Å². The Balaban J connectivity index is 1.77. The number of piperidine rings is 1. The van der Waals surface area contributed by atoms with Crippen LogP contribution in [0.1, 0.15) is 12.8 Å². The number of carbonyl (C=O) groups excluding carboxylic acids is 1. The van der Waals surface area contributed by atoms with E-state index in [0.717, 1.165) is 36.1 Å². The van der Waals surface area contributed by atoms with E-state index in [1.165, 1.54) is 7.11 Å². The average Bonchev–Trinajstić information content (AvgIpc) is 2.55. The summed E-state index contributed by atoms with van der Waals surface area (Å²) in [5, 5.41) is 4.43. The van der Waals surface area contributed by atoms with E-state index in [1.54, 1.807) is 11.2 Å². The highest BCUT2D eigenvalue weighted by Crippen LogP contribution is 2.21. The second kappa shape index (κ2) is 5.95. The van der Waals surface area contributed by atoms with Gasteiger partial charge in [0.15, 0.2) is 0 Å². The molecule has 1 fully saturated rings. The number of methoxy groups -OCH3 is 1. The normalized spacial score (nSPS) is 18.5. The molecule has 1 aromatic carbocycles. The number of nitrogens with zero attached hydrogens (tertiary/aromatic N) is 3. The number of nitrogens with one attached hydrogen (secondary N) is 1. The standard InChI is InChI=1S/C15H18N4O2/c1-21-15(20)19-8-4-5-11(9-19)18-14-12-6-2-3-7-13(12)16-10-17-14/h2-3,6-7,10-11H,4-5,8-9H2,1H3,(H,16,17,18). The minimum absolute atomic E-state index is 0.177. The number of likely N-dealkylation sites (tertiary alicyclic amines) is 1. The molecule has 0 aliphatic carbocycles. The number of rotatable bonds is 2. The van der Waals surface area contributed by atoms with Crippen LogP contribution in [0.3, 0.4) is 0 Å². The summed E-state index contributed by atoms with van der Waals surface area (Å²) in [4.78, 5) is 21.9. The van der Waals surface area contributed by atoms with Gasteiger partial charge in [0.25, 0.3) is 0 Å². The van der Waals surface area contributed by atoms with E-state index in [2.05, 4.69) is 15.3 Å². The first-order valence-corrected chi connectivity index (χ1v) is 7.07. The van der Waals surface area contributed by atoms with Crippen molar-refractivity contribution in [2.24, 2.45) is 0 Å². The maximum absolute atomic E-state index is 11.6. The number of ether oxygens (including phenoxy) is 1. The quantitative estimate of drug-likeness (QED) is 0.917. The van der Waals surface area contributed by atoms with E-state index in [1.807, 2.05) is 24.3 Å². The van der Waals surface area contributed by atoms with Gasteiger partial charge in [-0.05, 0) is 25.0 Å². The number of fused-ring (bicyclic) bond motifs is 1. The summed E-state index contributed by atoms with van der Waals surface area (Å²) in [6.07, 6.45) is 3.25. The van der Waals surface area contributed by atoms with E-state index in [9.17, 15) is 4.79 Å². The van der Waals surface area contributed by atoms with Crippen molar-refractivity contribution < 1.29 is 9.53 Å². The fourth-order valence-electron chi connectivity index (χ4n) is 2.70. The number of aromatic nitrogens is 2. The van der Waals surface area contributed by atoms with Gasteiger partial charge in [0.2, 0.25) is 0 Å². The molecule has 1 N–H and O–H groups in total. The Morgan fingerprint density at radius 1 is 1.38 bits per heavy atom. The third-order valence-corrected chi connectivity index (χ3v) is 3.74. The zero-order valence-corrected chi connectivity index (χ0v) is 12.0.